The molecule has 102 valence electrons. The Morgan fingerprint density at radius 3 is 2.58 bits per heavy atom. The molecule has 0 N–H and O–H groups in total. The lowest BCUT2D eigenvalue weighted by molar-refractivity contribution is -0.128. The minimum atomic E-state index is -0.156. The van der Waals surface area contributed by atoms with Crippen LogP contribution in [0.5, 0.6) is 0 Å². The molecule has 0 amide bonds. The lowest BCUT2D eigenvalue weighted by Crippen LogP contribution is -2.39. The molecule has 0 radical (unpaired) electrons. The van der Waals surface area contributed by atoms with E-state index in [1.165, 1.54) is 5.56 Å². The van der Waals surface area contributed by atoms with Crippen molar-refractivity contribution in [2.45, 2.75) is 44.1 Å². The van der Waals surface area contributed by atoms with Crippen LogP contribution in [0, 0.1) is 11.8 Å². The molecular weight excluding hydrogens is 236 g/mol. The van der Waals surface area contributed by atoms with E-state index in [1.807, 2.05) is 6.07 Å². The molecule has 2 aliphatic rings. The second-order valence-electron chi connectivity index (χ2n) is 6.51. The molecule has 0 spiro atoms. The Bertz CT molecular complexity index is 495. The number of methoxy groups -OCH3 is 1. The van der Waals surface area contributed by atoms with Crippen LogP contribution in [0.15, 0.2) is 30.3 Å². The first-order valence-electron chi connectivity index (χ1n) is 7.15. The summed E-state index contributed by atoms with van der Waals surface area (Å²) >= 11 is 0. The van der Waals surface area contributed by atoms with Crippen LogP contribution in [0.3, 0.4) is 0 Å². The predicted octanol–water partition coefficient (Wildman–Crippen LogP) is 3.35. The third kappa shape index (κ3) is 1.69. The first kappa shape index (κ1) is 12.9. The van der Waals surface area contributed by atoms with Crippen molar-refractivity contribution in [2.75, 3.05) is 7.11 Å². The summed E-state index contributed by atoms with van der Waals surface area (Å²) in [6.45, 7) is 4.28. The number of hydrogen-bond donors (Lipinski definition) is 0. The predicted molar refractivity (Wildman–Crippen MR) is 75.0 cm³/mol. The molecule has 2 aliphatic carbocycles. The maximum atomic E-state index is 12.4. The zero-order valence-corrected chi connectivity index (χ0v) is 12.0. The zero-order chi connectivity index (χ0) is 13.7. The first-order valence-corrected chi connectivity index (χ1v) is 7.15. The summed E-state index contributed by atoms with van der Waals surface area (Å²) in [5, 5.41) is 0. The Hall–Kier alpha value is -1.15. The van der Waals surface area contributed by atoms with Gasteiger partial charge in [0.25, 0.3) is 0 Å². The smallest absolute Gasteiger partial charge is 0.136 e. The molecule has 2 saturated carbocycles. The Morgan fingerprint density at radius 1 is 1.26 bits per heavy atom. The van der Waals surface area contributed by atoms with Crippen molar-refractivity contribution < 1.29 is 9.53 Å². The molecule has 1 aromatic rings. The Kier molecular flexibility index (Phi) is 2.82. The Balaban J connectivity index is 2.10. The molecular formula is C17H22O2. The van der Waals surface area contributed by atoms with Crippen molar-refractivity contribution in [3.05, 3.63) is 35.9 Å². The highest BCUT2D eigenvalue weighted by molar-refractivity contribution is 5.84. The van der Waals surface area contributed by atoms with E-state index in [2.05, 4.69) is 38.1 Å². The number of ether oxygens (including phenoxy) is 1. The topological polar surface area (TPSA) is 26.3 Å². The summed E-state index contributed by atoms with van der Waals surface area (Å²) in [4.78, 5) is 12.4. The monoisotopic (exact) mass is 258 g/mol. The van der Waals surface area contributed by atoms with E-state index >= 15 is 0 Å². The highest BCUT2D eigenvalue weighted by atomic mass is 16.5. The van der Waals surface area contributed by atoms with E-state index in [4.69, 9.17) is 4.74 Å². The average molecular weight is 258 g/mol. The third-order valence-electron chi connectivity index (χ3n) is 5.72. The highest BCUT2D eigenvalue weighted by Crippen LogP contribution is 2.59. The van der Waals surface area contributed by atoms with Gasteiger partial charge in [-0.15, -0.1) is 0 Å². The molecule has 19 heavy (non-hydrogen) atoms. The van der Waals surface area contributed by atoms with E-state index in [0.29, 0.717) is 18.1 Å². The molecule has 0 aromatic heterocycles. The molecule has 0 aliphatic heterocycles. The van der Waals surface area contributed by atoms with Crippen LogP contribution in [0.2, 0.25) is 0 Å². The average Bonchev–Trinajstić information content (AvgIpc) is 2.70. The van der Waals surface area contributed by atoms with Crippen LogP contribution in [-0.2, 0) is 14.9 Å². The Labute approximate surface area is 115 Å². The summed E-state index contributed by atoms with van der Waals surface area (Å²) in [5.74, 6) is 0.866. The Morgan fingerprint density at radius 2 is 1.95 bits per heavy atom. The van der Waals surface area contributed by atoms with E-state index < -0.39 is 0 Å². The third-order valence-corrected chi connectivity index (χ3v) is 5.72. The van der Waals surface area contributed by atoms with Gasteiger partial charge in [0.05, 0.1) is 5.60 Å². The minimum Gasteiger partial charge on any atom is -0.378 e. The van der Waals surface area contributed by atoms with Gasteiger partial charge in [0.2, 0.25) is 0 Å². The zero-order valence-electron chi connectivity index (χ0n) is 12.0. The molecule has 4 atom stereocenters. The maximum Gasteiger partial charge on any atom is 0.136 e. The van der Waals surface area contributed by atoms with Crippen LogP contribution in [0.25, 0.3) is 0 Å². The van der Waals surface area contributed by atoms with Gasteiger partial charge in [-0.05, 0) is 31.2 Å². The van der Waals surface area contributed by atoms with E-state index in [0.717, 1.165) is 12.8 Å². The van der Waals surface area contributed by atoms with Gasteiger partial charge < -0.3 is 4.74 Å². The number of carbonyl (C=O) groups is 1. The van der Waals surface area contributed by atoms with Gasteiger partial charge in [-0.25, -0.2) is 0 Å². The summed E-state index contributed by atoms with van der Waals surface area (Å²) in [6, 6.07) is 10.5. The molecule has 2 nitrogen and oxygen atoms in total. The summed E-state index contributed by atoms with van der Waals surface area (Å²) in [7, 11) is 1.79. The number of Topliss-reactive ketones (excluding diaryl/α,β-unsaturated/α-hetero) is 1. The number of carbonyl (C=O) groups excluding carboxylic acids is 1. The van der Waals surface area contributed by atoms with Gasteiger partial charge in [-0.2, -0.15) is 0 Å². The van der Waals surface area contributed by atoms with Crippen molar-refractivity contribution in [3.8, 4) is 0 Å². The van der Waals surface area contributed by atoms with Crippen molar-refractivity contribution >= 4 is 5.78 Å². The lowest BCUT2D eigenvalue weighted by Gasteiger charge is -2.38. The SMILES string of the molecule is CO[C@]1(C)C[C@@]2(c3ccccc3)C[C@@H]1CC(=O)[C@H]2C. The largest absolute Gasteiger partial charge is 0.378 e. The van der Waals surface area contributed by atoms with Crippen LogP contribution in [-0.4, -0.2) is 18.5 Å². The van der Waals surface area contributed by atoms with Gasteiger partial charge in [0.15, 0.2) is 0 Å². The molecule has 0 heterocycles. The summed E-state index contributed by atoms with van der Waals surface area (Å²) < 4.78 is 5.80. The van der Waals surface area contributed by atoms with Crippen LogP contribution in [0.4, 0.5) is 0 Å². The number of rotatable bonds is 2. The molecule has 0 unspecified atom stereocenters. The van der Waals surface area contributed by atoms with Gasteiger partial charge in [-0.3, -0.25) is 4.79 Å². The van der Waals surface area contributed by atoms with Gasteiger partial charge in [0, 0.05) is 24.9 Å². The summed E-state index contributed by atoms with van der Waals surface area (Å²) in [5.41, 5.74) is 1.13. The second-order valence-corrected chi connectivity index (χ2v) is 6.51. The standard InChI is InChI=1S/C17H22O2/c1-12-15(18)9-14-10-17(12,11-16(14,2)19-3)13-7-5-4-6-8-13/h4-8,12,14H,9-11H2,1-3H3/t12-,14+,16-,17+/m1/s1. The van der Waals surface area contributed by atoms with E-state index in [-0.39, 0.29) is 16.9 Å². The quantitative estimate of drug-likeness (QED) is 0.813. The molecule has 1 aromatic carbocycles. The minimum absolute atomic E-state index is 0.0218. The fourth-order valence-corrected chi connectivity index (χ4v) is 4.32. The maximum absolute atomic E-state index is 12.4. The van der Waals surface area contributed by atoms with Crippen LogP contribution < -0.4 is 0 Å². The molecule has 2 fully saturated rings. The fraction of sp³-hybridized carbons (Fsp3) is 0.588. The van der Waals surface area contributed by atoms with Crippen LogP contribution in [0.1, 0.15) is 38.7 Å². The summed E-state index contributed by atoms with van der Waals surface area (Å²) in [6.07, 6.45) is 2.71. The van der Waals surface area contributed by atoms with Gasteiger partial charge in [-0.1, -0.05) is 37.3 Å². The van der Waals surface area contributed by atoms with Crippen molar-refractivity contribution in [3.63, 3.8) is 0 Å². The van der Waals surface area contributed by atoms with E-state index in [9.17, 15) is 4.79 Å². The molecule has 2 heteroatoms. The number of hydrogen-bond acceptors (Lipinski definition) is 2. The highest BCUT2D eigenvalue weighted by Gasteiger charge is 2.60. The van der Waals surface area contributed by atoms with Crippen molar-refractivity contribution in [2.24, 2.45) is 11.8 Å². The van der Waals surface area contributed by atoms with Crippen molar-refractivity contribution in [1.29, 1.82) is 0 Å². The normalized spacial score (nSPS) is 41.5. The molecule has 3 rings (SSSR count). The second kappa shape index (κ2) is 4.17. The van der Waals surface area contributed by atoms with Gasteiger partial charge >= 0.3 is 0 Å². The number of fused-ring (bicyclic) bond motifs is 2. The molecule has 2 bridgehead atoms. The number of ketones is 1. The first-order chi connectivity index (χ1) is 9.02. The van der Waals surface area contributed by atoms with Crippen molar-refractivity contribution in [1.82, 2.24) is 0 Å². The fourth-order valence-electron chi connectivity index (χ4n) is 4.32. The number of benzene rings is 1. The lowest BCUT2D eigenvalue weighted by atomic mass is 9.64. The molecule has 0 saturated heterocycles. The van der Waals surface area contributed by atoms with E-state index in [1.54, 1.807) is 7.11 Å². The van der Waals surface area contributed by atoms with Gasteiger partial charge in [0.1, 0.15) is 5.78 Å². The van der Waals surface area contributed by atoms with Crippen LogP contribution >= 0.6 is 0 Å².